The Hall–Kier alpha value is -2.96. The average Bonchev–Trinajstić information content (AvgIpc) is 3.20. The average molecular weight is 337 g/mol. The number of fused-ring (bicyclic) bond motifs is 1. The lowest BCUT2D eigenvalue weighted by atomic mass is 9.90. The van der Waals surface area contributed by atoms with Crippen molar-refractivity contribution in [3.8, 4) is 11.6 Å². The monoisotopic (exact) mass is 337 g/mol. The van der Waals surface area contributed by atoms with Gasteiger partial charge in [-0.2, -0.15) is 5.10 Å². The first-order chi connectivity index (χ1) is 12.1. The van der Waals surface area contributed by atoms with Gasteiger partial charge in [-0.3, -0.25) is 14.8 Å². The largest absolute Gasteiger partial charge is 0.401 e. The molecule has 0 spiro atoms. The fourth-order valence-corrected chi connectivity index (χ4v) is 3.23. The number of carbonyl (C=O) groups is 1. The normalized spacial score (nSPS) is 13.5. The van der Waals surface area contributed by atoms with Crippen LogP contribution < -0.4 is 5.32 Å². The Balaban J connectivity index is 1.52. The summed E-state index contributed by atoms with van der Waals surface area (Å²) in [5.41, 5.74) is 4.77. The van der Waals surface area contributed by atoms with Crippen molar-refractivity contribution in [3.05, 3.63) is 46.6 Å². The summed E-state index contributed by atoms with van der Waals surface area (Å²) in [5.74, 6) is 0.0774. The SMILES string of the molecule is Cc1cc(-c2nnc(NC(=O)c3ccc4c(c3)CCCC4)o2)n(C)n1. The van der Waals surface area contributed by atoms with E-state index in [0.29, 0.717) is 17.1 Å². The van der Waals surface area contributed by atoms with Gasteiger partial charge >= 0.3 is 6.01 Å². The maximum atomic E-state index is 12.5. The molecule has 128 valence electrons. The fraction of sp³-hybridized carbons (Fsp3) is 0.333. The van der Waals surface area contributed by atoms with Gasteiger partial charge < -0.3 is 4.42 Å². The van der Waals surface area contributed by atoms with Crippen LogP contribution in [0.25, 0.3) is 11.6 Å². The molecule has 0 bridgehead atoms. The van der Waals surface area contributed by atoms with Crippen molar-refractivity contribution in [1.29, 1.82) is 0 Å². The number of hydrogen-bond donors (Lipinski definition) is 1. The van der Waals surface area contributed by atoms with Crippen molar-refractivity contribution < 1.29 is 9.21 Å². The van der Waals surface area contributed by atoms with E-state index in [2.05, 4.69) is 20.6 Å². The lowest BCUT2D eigenvalue weighted by molar-refractivity contribution is 0.102. The molecule has 1 aromatic carbocycles. The summed E-state index contributed by atoms with van der Waals surface area (Å²) >= 11 is 0. The molecule has 3 aromatic rings. The lowest BCUT2D eigenvalue weighted by Gasteiger charge is -2.16. The van der Waals surface area contributed by atoms with Crippen molar-refractivity contribution >= 4 is 11.9 Å². The molecule has 4 rings (SSSR count). The number of nitrogens with zero attached hydrogens (tertiary/aromatic N) is 4. The minimum atomic E-state index is -0.246. The number of hydrogen-bond acceptors (Lipinski definition) is 5. The topological polar surface area (TPSA) is 85.8 Å². The van der Waals surface area contributed by atoms with Crippen LogP contribution in [0.4, 0.5) is 6.01 Å². The van der Waals surface area contributed by atoms with Crippen LogP contribution in [0.2, 0.25) is 0 Å². The summed E-state index contributed by atoms with van der Waals surface area (Å²) in [6, 6.07) is 7.79. The summed E-state index contributed by atoms with van der Waals surface area (Å²) in [6.07, 6.45) is 4.52. The van der Waals surface area contributed by atoms with Crippen LogP contribution in [-0.4, -0.2) is 25.9 Å². The summed E-state index contributed by atoms with van der Waals surface area (Å²) in [7, 11) is 1.80. The highest BCUT2D eigenvalue weighted by Gasteiger charge is 2.17. The zero-order valence-electron chi connectivity index (χ0n) is 14.2. The molecule has 1 amide bonds. The highest BCUT2D eigenvalue weighted by atomic mass is 16.4. The molecular weight excluding hydrogens is 318 g/mol. The van der Waals surface area contributed by atoms with Gasteiger partial charge in [-0.15, -0.1) is 5.10 Å². The van der Waals surface area contributed by atoms with Crippen molar-refractivity contribution in [2.75, 3.05) is 5.32 Å². The summed E-state index contributed by atoms with van der Waals surface area (Å²) in [5, 5.41) is 14.8. The van der Waals surface area contributed by atoms with Gasteiger partial charge in [0.05, 0.1) is 5.69 Å². The van der Waals surface area contributed by atoms with Crippen molar-refractivity contribution in [3.63, 3.8) is 0 Å². The number of rotatable bonds is 3. The molecule has 0 unspecified atom stereocenters. The Morgan fingerprint density at radius 1 is 1.16 bits per heavy atom. The third-order valence-electron chi connectivity index (χ3n) is 4.48. The van der Waals surface area contributed by atoms with Gasteiger partial charge in [0.1, 0.15) is 5.69 Å². The van der Waals surface area contributed by atoms with Gasteiger partial charge in [0.25, 0.3) is 11.8 Å². The van der Waals surface area contributed by atoms with E-state index < -0.39 is 0 Å². The van der Waals surface area contributed by atoms with Crippen LogP contribution in [0, 0.1) is 6.92 Å². The highest BCUT2D eigenvalue weighted by Crippen LogP contribution is 2.23. The maximum absolute atomic E-state index is 12.5. The number of aryl methyl sites for hydroxylation is 4. The van der Waals surface area contributed by atoms with Crippen LogP contribution in [-0.2, 0) is 19.9 Å². The van der Waals surface area contributed by atoms with Crippen LogP contribution in [0.15, 0.2) is 28.7 Å². The number of anilines is 1. The Labute approximate surface area is 145 Å². The van der Waals surface area contributed by atoms with E-state index in [9.17, 15) is 4.79 Å². The standard InChI is InChI=1S/C18H19N5O2/c1-11-9-15(23(2)22-11)17-20-21-18(25-17)19-16(24)14-8-7-12-5-3-4-6-13(12)10-14/h7-10H,3-6H2,1-2H3,(H,19,21,24). The predicted molar refractivity (Wildman–Crippen MR) is 92.3 cm³/mol. The van der Waals surface area contributed by atoms with Crippen LogP contribution in [0.1, 0.15) is 40.0 Å². The third-order valence-corrected chi connectivity index (χ3v) is 4.48. The fourth-order valence-electron chi connectivity index (χ4n) is 3.23. The maximum Gasteiger partial charge on any atom is 0.322 e. The quantitative estimate of drug-likeness (QED) is 0.794. The number of carbonyl (C=O) groups excluding carboxylic acids is 1. The summed E-state index contributed by atoms with van der Waals surface area (Å²) in [4.78, 5) is 12.5. The molecule has 0 fully saturated rings. The number of amides is 1. The minimum absolute atomic E-state index is 0.0802. The van der Waals surface area contributed by atoms with Crippen molar-refractivity contribution in [2.45, 2.75) is 32.6 Å². The van der Waals surface area contributed by atoms with E-state index in [1.165, 1.54) is 24.0 Å². The molecule has 25 heavy (non-hydrogen) atoms. The second-order valence-corrected chi connectivity index (χ2v) is 6.35. The molecule has 0 aliphatic heterocycles. The summed E-state index contributed by atoms with van der Waals surface area (Å²) in [6.45, 7) is 1.89. The lowest BCUT2D eigenvalue weighted by Crippen LogP contribution is -2.13. The van der Waals surface area contributed by atoms with Gasteiger partial charge in [0.2, 0.25) is 0 Å². The highest BCUT2D eigenvalue weighted by molar-refractivity contribution is 6.03. The van der Waals surface area contributed by atoms with Gasteiger partial charge in [-0.1, -0.05) is 11.2 Å². The van der Waals surface area contributed by atoms with Gasteiger partial charge in [0, 0.05) is 12.6 Å². The predicted octanol–water partition coefficient (Wildman–Crippen LogP) is 2.91. The smallest absolute Gasteiger partial charge is 0.322 e. The minimum Gasteiger partial charge on any atom is -0.401 e. The third kappa shape index (κ3) is 3.05. The molecular formula is C18H19N5O2. The Bertz CT molecular complexity index is 941. The molecule has 1 N–H and O–H groups in total. The van der Waals surface area contributed by atoms with Gasteiger partial charge in [0.15, 0.2) is 0 Å². The molecule has 1 aliphatic rings. The van der Waals surface area contributed by atoms with Crippen molar-refractivity contribution in [2.24, 2.45) is 7.05 Å². The van der Waals surface area contributed by atoms with Crippen molar-refractivity contribution in [1.82, 2.24) is 20.0 Å². The zero-order valence-corrected chi connectivity index (χ0v) is 14.2. The van der Waals surface area contributed by atoms with Crippen LogP contribution >= 0.6 is 0 Å². The zero-order chi connectivity index (χ0) is 17.4. The first-order valence-electron chi connectivity index (χ1n) is 8.38. The molecule has 0 radical (unpaired) electrons. The first-order valence-corrected chi connectivity index (χ1v) is 8.38. The molecule has 1 aliphatic carbocycles. The van der Waals surface area contributed by atoms with Crippen LogP contribution in [0.5, 0.6) is 0 Å². The van der Waals surface area contributed by atoms with E-state index in [4.69, 9.17) is 4.42 Å². The molecule has 7 nitrogen and oxygen atoms in total. The van der Waals surface area contributed by atoms with Gasteiger partial charge in [-0.25, -0.2) is 0 Å². The van der Waals surface area contributed by atoms with Crippen LogP contribution in [0.3, 0.4) is 0 Å². The molecule has 7 heteroatoms. The molecule has 0 saturated carbocycles. The first kappa shape index (κ1) is 15.6. The van der Waals surface area contributed by atoms with E-state index in [1.54, 1.807) is 11.7 Å². The second-order valence-electron chi connectivity index (χ2n) is 6.35. The second kappa shape index (κ2) is 6.16. The number of aromatic nitrogens is 4. The summed E-state index contributed by atoms with van der Waals surface area (Å²) < 4.78 is 7.22. The van der Waals surface area contributed by atoms with E-state index >= 15 is 0 Å². The van der Waals surface area contributed by atoms with Gasteiger partial charge in [-0.05, 0) is 61.9 Å². The molecule has 2 aromatic heterocycles. The Kier molecular flexibility index (Phi) is 3.83. The number of nitrogens with one attached hydrogen (secondary N) is 1. The molecule has 0 atom stereocenters. The van der Waals surface area contributed by atoms with E-state index in [0.717, 1.165) is 18.5 Å². The Morgan fingerprint density at radius 3 is 2.72 bits per heavy atom. The van der Waals surface area contributed by atoms with E-state index in [1.807, 2.05) is 31.2 Å². The van der Waals surface area contributed by atoms with E-state index in [-0.39, 0.29) is 11.9 Å². The molecule has 2 heterocycles. The Morgan fingerprint density at radius 2 is 1.96 bits per heavy atom. The number of benzene rings is 1. The molecule has 0 saturated heterocycles.